The maximum Gasteiger partial charge on any atom is 0.259 e. The summed E-state index contributed by atoms with van der Waals surface area (Å²) in [6, 6.07) is 3.20. The van der Waals surface area contributed by atoms with Crippen molar-refractivity contribution in [3.63, 3.8) is 0 Å². The molecule has 0 saturated carbocycles. The molecule has 2 saturated heterocycles. The molecule has 2 aromatic rings. The highest BCUT2D eigenvalue weighted by Crippen LogP contribution is 2.18. The third-order valence-electron chi connectivity index (χ3n) is 5.25. The van der Waals surface area contributed by atoms with Gasteiger partial charge in [0.05, 0.1) is 0 Å². The van der Waals surface area contributed by atoms with Crippen molar-refractivity contribution < 1.29 is 10.4 Å². The third kappa shape index (κ3) is 4.93. The molecule has 12 nitrogen and oxygen atoms in total. The van der Waals surface area contributed by atoms with Crippen LogP contribution in [0, 0.1) is 10.8 Å². The van der Waals surface area contributed by atoms with Crippen LogP contribution in [-0.2, 0) is 0 Å². The van der Waals surface area contributed by atoms with E-state index in [0.29, 0.717) is 21.1 Å². The molecule has 0 amide bonds. The van der Waals surface area contributed by atoms with E-state index in [-0.39, 0.29) is 22.9 Å². The number of nitrogens with one attached hydrogen (secondary N) is 2. The highest BCUT2D eigenvalue weighted by molar-refractivity contribution is 5.47. The normalized spacial score (nSPS) is 16.7. The van der Waals surface area contributed by atoms with Crippen LogP contribution in [-0.4, -0.2) is 56.0 Å². The number of hydrogen-bond acceptors (Lipinski definition) is 10. The highest BCUT2D eigenvalue weighted by atomic mass is 16.5. The summed E-state index contributed by atoms with van der Waals surface area (Å²) < 4.78 is 1.15. The van der Waals surface area contributed by atoms with Crippen LogP contribution in [0.4, 0.5) is 23.3 Å². The number of nitrogen functional groups attached to an aromatic ring is 2. The minimum absolute atomic E-state index is 0.149. The van der Waals surface area contributed by atoms with Gasteiger partial charge in [-0.25, -0.2) is 0 Å². The van der Waals surface area contributed by atoms with Crippen LogP contribution < -0.4 is 32.5 Å². The Morgan fingerprint density at radius 2 is 1.00 bits per heavy atom. The van der Waals surface area contributed by atoms with Crippen LogP contribution in [0.5, 0.6) is 0 Å². The van der Waals surface area contributed by atoms with E-state index in [9.17, 15) is 10.4 Å². The molecule has 8 N–H and O–H groups in total. The number of hydrogen-bond donors (Lipinski definition) is 6. The Morgan fingerprint density at radius 3 is 1.30 bits per heavy atom. The van der Waals surface area contributed by atoms with Crippen molar-refractivity contribution in [2.45, 2.75) is 38.5 Å². The van der Waals surface area contributed by atoms with Gasteiger partial charge in [-0.1, -0.05) is 0 Å². The quantitative estimate of drug-likeness (QED) is 0.377. The summed E-state index contributed by atoms with van der Waals surface area (Å²) in [5, 5.41) is 33.3. The van der Waals surface area contributed by atoms with Gasteiger partial charge in [0.2, 0.25) is 0 Å². The maximum atomic E-state index is 9.25. The van der Waals surface area contributed by atoms with Crippen LogP contribution in [0.1, 0.15) is 38.5 Å². The summed E-state index contributed by atoms with van der Waals surface area (Å²) in [7, 11) is 0. The minimum atomic E-state index is -0.226. The first-order valence-electron chi connectivity index (χ1n) is 10.1. The van der Waals surface area contributed by atoms with E-state index in [2.05, 4.69) is 19.8 Å². The molecule has 2 aliphatic heterocycles. The molecule has 0 aromatic carbocycles. The largest absolute Gasteiger partial charge is 0.423 e. The van der Waals surface area contributed by atoms with Crippen molar-refractivity contribution in [1.82, 2.24) is 19.4 Å². The number of rotatable bonds is 2. The lowest BCUT2D eigenvalue weighted by Crippen LogP contribution is -2.33. The minimum Gasteiger partial charge on any atom is -0.423 e. The fourth-order valence-electron chi connectivity index (χ4n) is 3.58. The van der Waals surface area contributed by atoms with Crippen LogP contribution in [0.25, 0.3) is 0 Å². The molecular weight excluding hydrogens is 388 g/mol. The lowest BCUT2D eigenvalue weighted by molar-refractivity contribution is 0.171. The zero-order chi connectivity index (χ0) is 21.7. The van der Waals surface area contributed by atoms with Crippen LogP contribution >= 0.6 is 0 Å². The first kappa shape index (κ1) is 21.3. The Morgan fingerprint density at radius 1 is 0.667 bits per heavy atom. The Labute approximate surface area is 173 Å². The second-order valence-electron chi connectivity index (χ2n) is 7.44. The van der Waals surface area contributed by atoms with Crippen LogP contribution in [0.2, 0.25) is 0 Å². The SMILES string of the molecule is N=c1nc(N2CCCCC2)cc(N)n1O.N=c1nc(N2CCCCC2)cc(N)n1O. The molecule has 0 spiro atoms. The zero-order valence-corrected chi connectivity index (χ0v) is 17.0. The predicted molar refractivity (Wildman–Crippen MR) is 111 cm³/mol. The van der Waals surface area contributed by atoms with Gasteiger partial charge >= 0.3 is 0 Å². The maximum absolute atomic E-state index is 9.25. The predicted octanol–water partition coefficient (Wildman–Crippen LogP) is 0.345. The second-order valence-corrected chi connectivity index (χ2v) is 7.44. The average Bonchev–Trinajstić information content (AvgIpc) is 2.77. The van der Waals surface area contributed by atoms with Crippen molar-refractivity contribution in [2.75, 3.05) is 47.4 Å². The fourth-order valence-corrected chi connectivity index (χ4v) is 3.58. The van der Waals surface area contributed by atoms with Gasteiger partial charge in [-0.3, -0.25) is 10.8 Å². The van der Waals surface area contributed by atoms with E-state index in [0.717, 1.165) is 51.9 Å². The van der Waals surface area contributed by atoms with E-state index < -0.39 is 0 Å². The molecule has 0 bridgehead atoms. The fraction of sp³-hybridized carbons (Fsp3) is 0.556. The molecular formula is C18H30N10O2. The Bertz CT molecular complexity index is 894. The Hall–Kier alpha value is -3.44. The molecule has 12 heteroatoms. The summed E-state index contributed by atoms with van der Waals surface area (Å²) in [5.41, 5.74) is 10.7. The number of aromatic nitrogens is 4. The van der Waals surface area contributed by atoms with Crippen LogP contribution in [0.15, 0.2) is 12.1 Å². The lowest BCUT2D eigenvalue weighted by Gasteiger charge is -2.27. The molecule has 4 rings (SSSR count). The van der Waals surface area contributed by atoms with Gasteiger partial charge in [0.25, 0.3) is 11.2 Å². The molecule has 0 atom stereocenters. The van der Waals surface area contributed by atoms with Gasteiger partial charge in [-0.05, 0) is 38.5 Å². The van der Waals surface area contributed by atoms with Gasteiger partial charge in [0.1, 0.15) is 23.3 Å². The molecule has 0 radical (unpaired) electrons. The van der Waals surface area contributed by atoms with E-state index in [1.807, 2.05) is 0 Å². The Kier molecular flexibility index (Phi) is 6.65. The number of nitrogens with two attached hydrogens (primary N) is 2. The molecule has 2 fully saturated rings. The average molecular weight is 419 g/mol. The lowest BCUT2D eigenvalue weighted by atomic mass is 10.1. The second kappa shape index (κ2) is 9.37. The van der Waals surface area contributed by atoms with Crippen molar-refractivity contribution in [1.29, 1.82) is 10.8 Å². The van der Waals surface area contributed by atoms with Gasteiger partial charge in [0, 0.05) is 38.3 Å². The monoisotopic (exact) mass is 418 g/mol. The summed E-state index contributed by atoms with van der Waals surface area (Å²) in [4.78, 5) is 12.2. The van der Waals surface area contributed by atoms with E-state index in [1.165, 1.54) is 12.8 Å². The number of anilines is 4. The standard InChI is InChI=1S/2C9H15N5O/c2*10-7-6-8(12-9(11)14(7)15)13-4-2-1-3-5-13/h2*6,11,15H,1-5,10H2. The molecule has 0 aliphatic carbocycles. The highest BCUT2D eigenvalue weighted by Gasteiger charge is 2.14. The van der Waals surface area contributed by atoms with Crippen molar-refractivity contribution in [3.05, 3.63) is 23.4 Å². The third-order valence-corrected chi connectivity index (χ3v) is 5.25. The van der Waals surface area contributed by atoms with E-state index in [1.54, 1.807) is 12.1 Å². The van der Waals surface area contributed by atoms with Gasteiger partial charge in [-0.2, -0.15) is 9.97 Å². The number of piperidine rings is 2. The molecule has 164 valence electrons. The zero-order valence-electron chi connectivity index (χ0n) is 17.0. The molecule has 2 aliphatic rings. The summed E-state index contributed by atoms with van der Waals surface area (Å²) in [6.45, 7) is 3.78. The topological polar surface area (TPSA) is 182 Å². The van der Waals surface area contributed by atoms with Gasteiger partial charge < -0.3 is 31.7 Å². The summed E-state index contributed by atoms with van der Waals surface area (Å²) in [5.74, 6) is 1.66. The van der Waals surface area contributed by atoms with E-state index in [4.69, 9.17) is 22.3 Å². The molecule has 2 aromatic heterocycles. The number of nitrogens with zero attached hydrogens (tertiary/aromatic N) is 6. The molecule has 0 unspecified atom stereocenters. The summed E-state index contributed by atoms with van der Waals surface area (Å²) >= 11 is 0. The smallest absolute Gasteiger partial charge is 0.259 e. The van der Waals surface area contributed by atoms with Crippen molar-refractivity contribution in [3.8, 4) is 0 Å². The van der Waals surface area contributed by atoms with Crippen LogP contribution in [0.3, 0.4) is 0 Å². The van der Waals surface area contributed by atoms with Crippen molar-refractivity contribution >= 4 is 23.3 Å². The first-order valence-corrected chi connectivity index (χ1v) is 10.1. The molecule has 4 heterocycles. The first-order chi connectivity index (χ1) is 14.4. The van der Waals surface area contributed by atoms with Gasteiger partial charge in [0.15, 0.2) is 0 Å². The van der Waals surface area contributed by atoms with E-state index >= 15 is 0 Å². The van der Waals surface area contributed by atoms with Crippen molar-refractivity contribution in [2.24, 2.45) is 0 Å². The summed E-state index contributed by atoms with van der Waals surface area (Å²) in [6.07, 6.45) is 7.05. The van der Waals surface area contributed by atoms with Gasteiger partial charge in [-0.15, -0.1) is 9.46 Å². The molecule has 30 heavy (non-hydrogen) atoms. The Balaban J connectivity index is 0.000000171.